The molecule has 0 saturated carbocycles. The van der Waals surface area contributed by atoms with Crippen molar-refractivity contribution in [3.63, 3.8) is 0 Å². The summed E-state index contributed by atoms with van der Waals surface area (Å²) in [6.07, 6.45) is 0. The summed E-state index contributed by atoms with van der Waals surface area (Å²) in [6.45, 7) is 1.98. The number of fused-ring (bicyclic) bond motifs is 1. The maximum absolute atomic E-state index is 10.8. The lowest BCUT2D eigenvalue weighted by Crippen LogP contribution is -2.09. The number of benzene rings is 1. The number of rotatable bonds is 3. The SMILES string of the molecule is CC(=O)CNc1cccc2ccsc12. The van der Waals surface area contributed by atoms with E-state index in [4.69, 9.17) is 0 Å². The summed E-state index contributed by atoms with van der Waals surface area (Å²) in [5.74, 6) is 0.151. The first-order valence-electron chi connectivity index (χ1n) is 4.47. The maximum Gasteiger partial charge on any atom is 0.148 e. The minimum Gasteiger partial charge on any atom is -0.377 e. The van der Waals surface area contributed by atoms with Gasteiger partial charge in [-0.2, -0.15) is 0 Å². The molecule has 0 aliphatic heterocycles. The van der Waals surface area contributed by atoms with E-state index in [0.29, 0.717) is 6.54 Å². The Balaban J connectivity index is 2.32. The molecule has 2 rings (SSSR count). The number of Topliss-reactive ketones (excluding diaryl/α,β-unsaturated/α-hetero) is 1. The second-order valence-electron chi connectivity index (χ2n) is 3.20. The van der Waals surface area contributed by atoms with Gasteiger partial charge < -0.3 is 5.32 Å². The number of hydrogen-bond donors (Lipinski definition) is 1. The van der Waals surface area contributed by atoms with Gasteiger partial charge in [-0.25, -0.2) is 0 Å². The van der Waals surface area contributed by atoms with Crippen molar-refractivity contribution < 1.29 is 4.79 Å². The monoisotopic (exact) mass is 205 g/mol. The second kappa shape index (κ2) is 3.80. The van der Waals surface area contributed by atoms with Gasteiger partial charge in [-0.1, -0.05) is 12.1 Å². The lowest BCUT2D eigenvalue weighted by molar-refractivity contribution is -0.115. The highest BCUT2D eigenvalue weighted by Gasteiger charge is 2.01. The Kier molecular flexibility index (Phi) is 2.50. The van der Waals surface area contributed by atoms with Crippen LogP contribution in [0.1, 0.15) is 6.92 Å². The predicted octanol–water partition coefficient (Wildman–Crippen LogP) is 2.90. The van der Waals surface area contributed by atoms with E-state index in [-0.39, 0.29) is 5.78 Å². The molecule has 2 aromatic rings. The van der Waals surface area contributed by atoms with Gasteiger partial charge in [0.1, 0.15) is 5.78 Å². The van der Waals surface area contributed by atoms with Crippen LogP contribution in [-0.2, 0) is 4.79 Å². The van der Waals surface area contributed by atoms with Crippen molar-refractivity contribution in [2.75, 3.05) is 11.9 Å². The number of thiophene rings is 1. The van der Waals surface area contributed by atoms with E-state index in [2.05, 4.69) is 22.8 Å². The average molecular weight is 205 g/mol. The number of anilines is 1. The first kappa shape index (κ1) is 9.21. The van der Waals surface area contributed by atoms with Gasteiger partial charge in [0.15, 0.2) is 0 Å². The Morgan fingerprint density at radius 2 is 2.29 bits per heavy atom. The maximum atomic E-state index is 10.8. The molecule has 0 atom stereocenters. The molecule has 0 saturated heterocycles. The largest absolute Gasteiger partial charge is 0.377 e. The number of hydrogen-bond acceptors (Lipinski definition) is 3. The van der Waals surface area contributed by atoms with Crippen LogP contribution in [0.2, 0.25) is 0 Å². The van der Waals surface area contributed by atoms with Gasteiger partial charge in [-0.05, 0) is 29.8 Å². The summed E-state index contributed by atoms with van der Waals surface area (Å²) in [7, 11) is 0. The van der Waals surface area contributed by atoms with E-state index in [9.17, 15) is 4.79 Å². The summed E-state index contributed by atoms with van der Waals surface area (Å²) >= 11 is 1.69. The van der Waals surface area contributed by atoms with Crippen LogP contribution in [0.15, 0.2) is 29.6 Å². The van der Waals surface area contributed by atoms with Crippen molar-refractivity contribution in [1.82, 2.24) is 0 Å². The van der Waals surface area contributed by atoms with Crippen LogP contribution < -0.4 is 5.32 Å². The quantitative estimate of drug-likeness (QED) is 0.834. The van der Waals surface area contributed by atoms with Crippen LogP contribution in [0.4, 0.5) is 5.69 Å². The standard InChI is InChI=1S/C11H11NOS/c1-8(13)7-12-10-4-2-3-9-5-6-14-11(9)10/h2-6,12H,7H2,1H3. The summed E-state index contributed by atoms with van der Waals surface area (Å²) in [5, 5.41) is 6.42. The van der Waals surface area contributed by atoms with Gasteiger partial charge in [0.05, 0.1) is 16.9 Å². The summed E-state index contributed by atoms with van der Waals surface area (Å²) in [6, 6.07) is 8.16. The van der Waals surface area contributed by atoms with Crippen molar-refractivity contribution in [2.24, 2.45) is 0 Å². The fourth-order valence-corrected chi connectivity index (χ4v) is 2.24. The first-order valence-corrected chi connectivity index (χ1v) is 5.35. The summed E-state index contributed by atoms with van der Waals surface area (Å²) < 4.78 is 1.22. The van der Waals surface area contributed by atoms with Crippen LogP contribution in [0.3, 0.4) is 0 Å². The second-order valence-corrected chi connectivity index (χ2v) is 4.12. The summed E-state index contributed by atoms with van der Waals surface area (Å²) in [4.78, 5) is 10.8. The Morgan fingerprint density at radius 3 is 3.07 bits per heavy atom. The molecule has 1 N–H and O–H groups in total. The van der Waals surface area contributed by atoms with Crippen LogP contribution in [-0.4, -0.2) is 12.3 Å². The number of ketones is 1. The zero-order valence-electron chi connectivity index (χ0n) is 7.91. The lowest BCUT2D eigenvalue weighted by atomic mass is 10.2. The Hall–Kier alpha value is -1.35. The third-order valence-electron chi connectivity index (χ3n) is 2.01. The molecule has 14 heavy (non-hydrogen) atoms. The van der Waals surface area contributed by atoms with Gasteiger partial charge in [0.2, 0.25) is 0 Å². The zero-order valence-corrected chi connectivity index (χ0v) is 8.73. The fourth-order valence-electron chi connectivity index (χ4n) is 1.35. The third kappa shape index (κ3) is 1.77. The Labute approximate surface area is 86.6 Å². The molecule has 0 spiro atoms. The van der Waals surface area contributed by atoms with E-state index >= 15 is 0 Å². The molecule has 0 fully saturated rings. The molecule has 1 aromatic carbocycles. The highest BCUT2D eigenvalue weighted by Crippen LogP contribution is 2.28. The third-order valence-corrected chi connectivity index (χ3v) is 2.97. The minimum atomic E-state index is 0.151. The van der Waals surface area contributed by atoms with Crippen LogP contribution >= 0.6 is 11.3 Å². The van der Waals surface area contributed by atoms with Crippen molar-refractivity contribution in [3.05, 3.63) is 29.6 Å². The van der Waals surface area contributed by atoms with Gasteiger partial charge in [0.25, 0.3) is 0 Å². The molecule has 0 amide bonds. The highest BCUT2D eigenvalue weighted by atomic mass is 32.1. The van der Waals surface area contributed by atoms with E-state index in [0.717, 1.165) is 5.69 Å². The molecule has 0 aliphatic rings. The highest BCUT2D eigenvalue weighted by molar-refractivity contribution is 7.17. The number of carbonyl (C=O) groups is 1. The molecule has 2 nitrogen and oxygen atoms in total. The minimum absolute atomic E-state index is 0.151. The number of carbonyl (C=O) groups excluding carboxylic acids is 1. The molecular formula is C11H11NOS. The van der Waals surface area contributed by atoms with Crippen molar-refractivity contribution in [2.45, 2.75) is 6.92 Å². The predicted molar refractivity (Wildman–Crippen MR) is 61.0 cm³/mol. The zero-order chi connectivity index (χ0) is 9.97. The van der Waals surface area contributed by atoms with E-state index < -0.39 is 0 Å². The lowest BCUT2D eigenvalue weighted by Gasteiger charge is -2.04. The number of nitrogens with one attached hydrogen (secondary N) is 1. The van der Waals surface area contributed by atoms with E-state index in [1.54, 1.807) is 18.3 Å². The molecule has 0 aliphatic carbocycles. The van der Waals surface area contributed by atoms with Gasteiger partial charge in [-0.15, -0.1) is 11.3 Å². The van der Waals surface area contributed by atoms with Crippen molar-refractivity contribution in [3.8, 4) is 0 Å². The van der Waals surface area contributed by atoms with Crippen LogP contribution in [0.5, 0.6) is 0 Å². The van der Waals surface area contributed by atoms with Crippen molar-refractivity contribution >= 4 is 32.9 Å². The topological polar surface area (TPSA) is 29.1 Å². The summed E-state index contributed by atoms with van der Waals surface area (Å²) in [5.41, 5.74) is 1.05. The molecule has 1 heterocycles. The molecular weight excluding hydrogens is 194 g/mol. The average Bonchev–Trinajstić information content (AvgIpc) is 2.62. The normalized spacial score (nSPS) is 10.4. The Bertz CT molecular complexity index is 461. The van der Waals surface area contributed by atoms with Crippen LogP contribution in [0.25, 0.3) is 10.1 Å². The first-order chi connectivity index (χ1) is 6.77. The molecule has 72 valence electrons. The van der Waals surface area contributed by atoms with Crippen LogP contribution in [0, 0.1) is 0 Å². The fraction of sp³-hybridized carbons (Fsp3) is 0.182. The molecule has 3 heteroatoms. The Morgan fingerprint density at radius 1 is 1.43 bits per heavy atom. The molecule has 0 bridgehead atoms. The van der Waals surface area contributed by atoms with Gasteiger partial charge >= 0.3 is 0 Å². The van der Waals surface area contributed by atoms with Crippen molar-refractivity contribution in [1.29, 1.82) is 0 Å². The van der Waals surface area contributed by atoms with Gasteiger partial charge in [-0.3, -0.25) is 4.79 Å². The molecule has 0 radical (unpaired) electrons. The van der Waals surface area contributed by atoms with E-state index in [1.165, 1.54) is 10.1 Å². The molecule has 1 aromatic heterocycles. The van der Waals surface area contributed by atoms with E-state index in [1.807, 2.05) is 12.1 Å². The smallest absolute Gasteiger partial charge is 0.148 e. The van der Waals surface area contributed by atoms with Gasteiger partial charge in [0, 0.05) is 0 Å². The molecule has 0 unspecified atom stereocenters.